The van der Waals surface area contributed by atoms with Gasteiger partial charge in [-0.1, -0.05) is 48.6 Å². The highest BCUT2D eigenvalue weighted by Crippen LogP contribution is 2.59. The van der Waals surface area contributed by atoms with Crippen LogP contribution in [0.2, 0.25) is 0 Å². The molecule has 0 heteroatoms. The highest BCUT2D eigenvalue weighted by Gasteiger charge is 2.51. The first-order valence-electron chi connectivity index (χ1n) is 6.75. The Labute approximate surface area is 103 Å². The minimum Gasteiger partial charge on any atom is -0.0876 e. The van der Waals surface area contributed by atoms with Gasteiger partial charge in [0.05, 0.1) is 0 Å². The Morgan fingerprint density at radius 3 is 1.47 bits per heavy atom. The molecule has 4 rings (SSSR count). The summed E-state index contributed by atoms with van der Waals surface area (Å²) < 4.78 is 0. The molecule has 0 bridgehead atoms. The summed E-state index contributed by atoms with van der Waals surface area (Å²) in [6, 6.07) is 9.21. The summed E-state index contributed by atoms with van der Waals surface area (Å²) in [7, 11) is 0. The second-order valence-corrected chi connectivity index (χ2v) is 6.04. The van der Waals surface area contributed by atoms with E-state index in [1.165, 1.54) is 32.1 Å². The lowest BCUT2D eigenvalue weighted by Gasteiger charge is -2.29. The van der Waals surface area contributed by atoms with Crippen molar-refractivity contribution in [2.75, 3.05) is 0 Å². The van der Waals surface area contributed by atoms with Crippen LogP contribution in [0.15, 0.2) is 48.6 Å². The highest BCUT2D eigenvalue weighted by molar-refractivity contribution is 5.50. The molecule has 0 unspecified atom stereocenters. The molecule has 2 spiro atoms. The van der Waals surface area contributed by atoms with Crippen LogP contribution >= 0.6 is 0 Å². The van der Waals surface area contributed by atoms with Crippen molar-refractivity contribution in [3.63, 3.8) is 0 Å². The third kappa shape index (κ3) is 1.14. The van der Waals surface area contributed by atoms with E-state index in [0.717, 1.165) is 0 Å². The average Bonchev–Trinajstić information content (AvgIpc) is 3.06. The van der Waals surface area contributed by atoms with E-state index in [-0.39, 0.29) is 0 Å². The Hall–Kier alpha value is -1.30. The lowest BCUT2D eigenvalue weighted by atomic mass is 9.74. The Bertz CT molecular complexity index is 456. The number of rotatable bonds is 0. The van der Waals surface area contributed by atoms with Gasteiger partial charge in [-0.25, -0.2) is 0 Å². The van der Waals surface area contributed by atoms with Gasteiger partial charge in [0.2, 0.25) is 0 Å². The van der Waals surface area contributed by atoms with Gasteiger partial charge in [0.1, 0.15) is 0 Å². The smallest absolute Gasteiger partial charge is 0.00335 e. The van der Waals surface area contributed by atoms with Crippen LogP contribution in [-0.4, -0.2) is 0 Å². The molecular formula is C17H18. The fourth-order valence-electron chi connectivity index (χ4n) is 4.38. The molecule has 0 amide bonds. The summed E-state index contributed by atoms with van der Waals surface area (Å²) >= 11 is 0. The number of benzene rings is 1. The molecule has 0 heterocycles. The SMILES string of the molecule is C1=CCC2(C1)CC1(CC=CC1)c1ccccc12. The van der Waals surface area contributed by atoms with Crippen molar-refractivity contribution >= 4 is 0 Å². The van der Waals surface area contributed by atoms with Gasteiger partial charge in [0.15, 0.2) is 0 Å². The van der Waals surface area contributed by atoms with E-state index in [0.29, 0.717) is 10.8 Å². The van der Waals surface area contributed by atoms with Crippen LogP contribution in [0, 0.1) is 0 Å². The van der Waals surface area contributed by atoms with Crippen molar-refractivity contribution < 1.29 is 0 Å². The zero-order valence-corrected chi connectivity index (χ0v) is 10.2. The van der Waals surface area contributed by atoms with Crippen molar-refractivity contribution in [1.29, 1.82) is 0 Å². The zero-order valence-electron chi connectivity index (χ0n) is 10.2. The fraction of sp³-hybridized carbons (Fsp3) is 0.412. The maximum Gasteiger partial charge on any atom is 0.00335 e. The molecule has 0 atom stereocenters. The van der Waals surface area contributed by atoms with Crippen LogP contribution in [0.5, 0.6) is 0 Å². The van der Waals surface area contributed by atoms with E-state index in [4.69, 9.17) is 0 Å². The standard InChI is InChI=1S/C17H18/c1-2-8-15-14(7-1)16(9-3-4-10-16)13-17(15)11-5-6-12-17/h1-8H,9-13H2. The van der Waals surface area contributed by atoms with Crippen molar-refractivity contribution in [1.82, 2.24) is 0 Å². The first kappa shape index (κ1) is 9.70. The Morgan fingerprint density at radius 2 is 1.06 bits per heavy atom. The maximum atomic E-state index is 2.39. The molecule has 0 radical (unpaired) electrons. The van der Waals surface area contributed by atoms with Crippen molar-refractivity contribution in [2.24, 2.45) is 0 Å². The molecule has 0 N–H and O–H groups in total. The third-order valence-corrected chi connectivity index (χ3v) is 5.11. The highest BCUT2D eigenvalue weighted by atomic mass is 14.5. The summed E-state index contributed by atoms with van der Waals surface area (Å²) in [5.41, 5.74) is 4.19. The molecule has 3 aliphatic carbocycles. The van der Waals surface area contributed by atoms with Crippen LogP contribution < -0.4 is 0 Å². The van der Waals surface area contributed by atoms with E-state index in [1.807, 2.05) is 0 Å². The third-order valence-electron chi connectivity index (χ3n) is 5.11. The summed E-state index contributed by atoms with van der Waals surface area (Å²) in [4.78, 5) is 0. The van der Waals surface area contributed by atoms with E-state index in [1.54, 1.807) is 11.1 Å². The molecule has 0 nitrogen and oxygen atoms in total. The second kappa shape index (κ2) is 3.13. The predicted molar refractivity (Wildman–Crippen MR) is 71.2 cm³/mol. The van der Waals surface area contributed by atoms with Crippen molar-refractivity contribution in [3.8, 4) is 0 Å². The van der Waals surface area contributed by atoms with Gasteiger partial charge in [-0.05, 0) is 43.2 Å². The number of fused-ring (bicyclic) bond motifs is 3. The van der Waals surface area contributed by atoms with Gasteiger partial charge in [-0.2, -0.15) is 0 Å². The largest absolute Gasteiger partial charge is 0.0876 e. The summed E-state index contributed by atoms with van der Waals surface area (Å²) in [5.74, 6) is 0. The minimum absolute atomic E-state index is 0.447. The maximum absolute atomic E-state index is 2.39. The predicted octanol–water partition coefficient (Wildman–Crippen LogP) is 4.27. The van der Waals surface area contributed by atoms with Crippen LogP contribution in [0.25, 0.3) is 0 Å². The molecule has 0 fully saturated rings. The van der Waals surface area contributed by atoms with Crippen LogP contribution in [0.3, 0.4) is 0 Å². The minimum atomic E-state index is 0.447. The molecule has 0 saturated carbocycles. The van der Waals surface area contributed by atoms with Crippen LogP contribution in [0.4, 0.5) is 0 Å². The number of hydrogen-bond donors (Lipinski definition) is 0. The van der Waals surface area contributed by atoms with Crippen molar-refractivity contribution in [2.45, 2.75) is 42.9 Å². The lowest BCUT2D eigenvalue weighted by Crippen LogP contribution is -2.24. The average molecular weight is 222 g/mol. The molecular weight excluding hydrogens is 204 g/mol. The number of allylic oxidation sites excluding steroid dienone is 4. The fourth-order valence-corrected chi connectivity index (χ4v) is 4.38. The van der Waals surface area contributed by atoms with E-state index in [2.05, 4.69) is 48.6 Å². The summed E-state index contributed by atoms with van der Waals surface area (Å²) in [5, 5.41) is 0. The first-order chi connectivity index (χ1) is 8.35. The van der Waals surface area contributed by atoms with E-state index >= 15 is 0 Å². The summed E-state index contributed by atoms with van der Waals surface area (Å²) in [6.45, 7) is 0. The second-order valence-electron chi connectivity index (χ2n) is 6.04. The molecule has 0 aromatic heterocycles. The van der Waals surface area contributed by atoms with Crippen LogP contribution in [0.1, 0.15) is 43.2 Å². The molecule has 1 aromatic rings. The van der Waals surface area contributed by atoms with E-state index in [9.17, 15) is 0 Å². The molecule has 1 aromatic carbocycles. The van der Waals surface area contributed by atoms with Gasteiger partial charge in [0, 0.05) is 10.8 Å². The molecule has 3 aliphatic rings. The quantitative estimate of drug-likeness (QED) is 0.575. The Morgan fingerprint density at radius 1 is 0.647 bits per heavy atom. The Kier molecular flexibility index (Phi) is 1.79. The topological polar surface area (TPSA) is 0 Å². The lowest BCUT2D eigenvalue weighted by molar-refractivity contribution is 0.339. The van der Waals surface area contributed by atoms with Gasteiger partial charge in [-0.15, -0.1) is 0 Å². The molecule has 0 aliphatic heterocycles. The van der Waals surface area contributed by atoms with Crippen molar-refractivity contribution in [3.05, 3.63) is 59.7 Å². The molecule has 0 saturated heterocycles. The van der Waals surface area contributed by atoms with Crippen LogP contribution in [-0.2, 0) is 10.8 Å². The first-order valence-corrected chi connectivity index (χ1v) is 6.75. The summed E-state index contributed by atoms with van der Waals surface area (Å²) in [6.07, 6.45) is 15.9. The van der Waals surface area contributed by atoms with Gasteiger partial charge >= 0.3 is 0 Å². The normalized spacial score (nSPS) is 26.1. The monoisotopic (exact) mass is 222 g/mol. The van der Waals surface area contributed by atoms with Gasteiger partial charge < -0.3 is 0 Å². The molecule has 17 heavy (non-hydrogen) atoms. The zero-order chi connectivity index (χ0) is 11.3. The molecule has 86 valence electrons. The van der Waals surface area contributed by atoms with E-state index < -0.39 is 0 Å². The Balaban J connectivity index is 1.90. The van der Waals surface area contributed by atoms with Gasteiger partial charge in [0.25, 0.3) is 0 Å². The van der Waals surface area contributed by atoms with Gasteiger partial charge in [-0.3, -0.25) is 0 Å². The number of hydrogen-bond acceptors (Lipinski definition) is 0.